The average molecular weight is 259 g/mol. The van der Waals surface area contributed by atoms with Crippen LogP contribution in [0.1, 0.15) is 17.3 Å². The molecule has 0 atom stereocenters. The van der Waals surface area contributed by atoms with Gasteiger partial charge in [0.15, 0.2) is 11.5 Å². The lowest BCUT2D eigenvalue weighted by Crippen LogP contribution is -2.25. The zero-order valence-electron chi connectivity index (χ0n) is 8.99. The Balaban J connectivity index is 2.49. The van der Waals surface area contributed by atoms with Crippen LogP contribution in [-0.2, 0) is 4.79 Å². The van der Waals surface area contributed by atoms with Gasteiger partial charge in [-0.3, -0.25) is 4.79 Å². The fourth-order valence-electron chi connectivity index (χ4n) is 1.47. The molecule has 1 aromatic carbocycles. The summed E-state index contributed by atoms with van der Waals surface area (Å²) in [6.45, 7) is 1.16. The molecule has 0 aliphatic carbocycles. The number of hydrogen-bond donors (Lipinski definition) is 2. The van der Waals surface area contributed by atoms with Crippen LogP contribution in [0.5, 0.6) is 11.5 Å². The lowest BCUT2D eigenvalue weighted by atomic mass is 10.1. The second-order valence-corrected chi connectivity index (χ2v) is 3.50. The Morgan fingerprint density at radius 1 is 1.28 bits per heavy atom. The number of hydrogen-bond acceptors (Lipinski definition) is 4. The van der Waals surface area contributed by atoms with Gasteiger partial charge in [-0.05, 0) is 0 Å². The van der Waals surface area contributed by atoms with Crippen molar-refractivity contribution in [3.05, 3.63) is 17.7 Å². The summed E-state index contributed by atoms with van der Waals surface area (Å²) < 4.78 is 33.8. The van der Waals surface area contributed by atoms with Crippen LogP contribution < -0.4 is 14.8 Å². The summed E-state index contributed by atoms with van der Waals surface area (Å²) in [4.78, 5) is 21.8. The molecule has 0 fully saturated rings. The predicted octanol–water partition coefficient (Wildman–Crippen LogP) is 1.66. The molecule has 1 aliphatic heterocycles. The number of fused-ring (bicyclic) bond motifs is 1. The zero-order chi connectivity index (χ0) is 13.5. The molecule has 0 saturated carbocycles. The standard InChI is InChI=1S/C10H7F2NO5/c1-4(14)13-6-3-8-7(2-5(6)9(15)16)17-10(11,12)18-8/h2-3H,1H3,(H,13,14)(H,15,16). The second-order valence-electron chi connectivity index (χ2n) is 3.50. The average Bonchev–Trinajstić information content (AvgIpc) is 2.48. The number of carbonyl (C=O) groups excluding carboxylic acids is 1. The first-order valence-electron chi connectivity index (χ1n) is 4.73. The van der Waals surface area contributed by atoms with E-state index in [0.29, 0.717) is 0 Å². The van der Waals surface area contributed by atoms with E-state index in [-0.39, 0.29) is 17.0 Å². The van der Waals surface area contributed by atoms with Crippen LogP contribution in [-0.4, -0.2) is 23.3 Å². The SMILES string of the molecule is CC(=O)Nc1cc2c(cc1C(=O)O)OC(F)(F)O2. The quantitative estimate of drug-likeness (QED) is 0.843. The van der Waals surface area contributed by atoms with E-state index in [4.69, 9.17) is 5.11 Å². The number of rotatable bonds is 2. The highest BCUT2D eigenvalue weighted by atomic mass is 19.3. The number of benzene rings is 1. The Morgan fingerprint density at radius 3 is 2.33 bits per heavy atom. The van der Waals surface area contributed by atoms with Crippen LogP contribution in [0.3, 0.4) is 0 Å². The maximum atomic E-state index is 12.8. The Labute approximate surface area is 99.1 Å². The molecule has 0 unspecified atom stereocenters. The van der Waals surface area contributed by atoms with E-state index >= 15 is 0 Å². The third kappa shape index (κ3) is 2.17. The molecule has 1 aliphatic rings. The molecule has 2 N–H and O–H groups in total. The molecule has 0 saturated heterocycles. The van der Waals surface area contributed by atoms with Crippen molar-refractivity contribution in [2.45, 2.75) is 13.2 Å². The molecule has 1 heterocycles. The third-order valence-electron chi connectivity index (χ3n) is 2.08. The van der Waals surface area contributed by atoms with E-state index in [9.17, 15) is 18.4 Å². The van der Waals surface area contributed by atoms with Crippen LogP contribution in [0.4, 0.5) is 14.5 Å². The summed E-state index contributed by atoms with van der Waals surface area (Å²) >= 11 is 0. The molecule has 6 nitrogen and oxygen atoms in total. The fourth-order valence-corrected chi connectivity index (χ4v) is 1.47. The van der Waals surface area contributed by atoms with Gasteiger partial charge in [-0.15, -0.1) is 8.78 Å². The maximum Gasteiger partial charge on any atom is 0.586 e. The van der Waals surface area contributed by atoms with Crippen LogP contribution in [0.25, 0.3) is 0 Å². The molecule has 8 heteroatoms. The second kappa shape index (κ2) is 3.83. The van der Waals surface area contributed by atoms with E-state index in [0.717, 1.165) is 19.1 Å². The smallest absolute Gasteiger partial charge is 0.478 e. The van der Waals surface area contributed by atoms with Crippen LogP contribution >= 0.6 is 0 Å². The number of anilines is 1. The predicted molar refractivity (Wildman–Crippen MR) is 53.9 cm³/mol. The van der Waals surface area contributed by atoms with Crippen molar-refractivity contribution in [1.82, 2.24) is 0 Å². The molecular weight excluding hydrogens is 252 g/mol. The number of aromatic carboxylic acids is 1. The summed E-state index contributed by atoms with van der Waals surface area (Å²) in [5.74, 6) is -2.66. The highest BCUT2D eigenvalue weighted by molar-refractivity contribution is 6.00. The minimum atomic E-state index is -3.84. The van der Waals surface area contributed by atoms with Crippen LogP contribution in [0.15, 0.2) is 12.1 Å². The van der Waals surface area contributed by atoms with Gasteiger partial charge in [-0.2, -0.15) is 0 Å². The first-order valence-corrected chi connectivity index (χ1v) is 4.73. The number of carbonyl (C=O) groups is 2. The lowest BCUT2D eigenvalue weighted by molar-refractivity contribution is -0.286. The Kier molecular flexibility index (Phi) is 2.57. The van der Waals surface area contributed by atoms with Gasteiger partial charge < -0.3 is 19.9 Å². The largest absolute Gasteiger partial charge is 0.586 e. The Bertz CT molecular complexity index is 543. The van der Waals surface area contributed by atoms with Crippen LogP contribution in [0.2, 0.25) is 0 Å². The highest BCUT2D eigenvalue weighted by Gasteiger charge is 2.44. The van der Waals surface area contributed by atoms with Gasteiger partial charge in [0.25, 0.3) is 0 Å². The number of carboxylic acids is 1. The van der Waals surface area contributed by atoms with E-state index in [1.165, 1.54) is 0 Å². The Morgan fingerprint density at radius 2 is 1.83 bits per heavy atom. The highest BCUT2D eigenvalue weighted by Crippen LogP contribution is 2.43. The summed E-state index contributed by atoms with van der Waals surface area (Å²) in [6, 6.07) is 1.84. The number of alkyl halides is 2. The van der Waals surface area contributed by atoms with Gasteiger partial charge in [0.05, 0.1) is 11.3 Å². The number of ether oxygens (including phenoxy) is 2. The molecule has 0 radical (unpaired) electrons. The van der Waals surface area contributed by atoms with Crippen molar-refractivity contribution < 1.29 is 33.0 Å². The van der Waals surface area contributed by atoms with Gasteiger partial charge in [0.1, 0.15) is 0 Å². The normalized spacial score (nSPS) is 15.3. The topological polar surface area (TPSA) is 84.9 Å². The molecule has 2 rings (SSSR count). The first kappa shape index (κ1) is 12.1. The molecule has 0 aromatic heterocycles. The lowest BCUT2D eigenvalue weighted by Gasteiger charge is -2.07. The zero-order valence-corrected chi connectivity index (χ0v) is 8.99. The summed E-state index contributed by atoms with van der Waals surface area (Å²) in [5.41, 5.74) is -0.514. The van der Waals surface area contributed by atoms with E-state index in [2.05, 4.69) is 14.8 Å². The number of amides is 1. The molecule has 0 spiro atoms. The Hall–Kier alpha value is -2.38. The number of nitrogens with one attached hydrogen (secondary N) is 1. The van der Waals surface area contributed by atoms with Crippen molar-refractivity contribution in [2.24, 2.45) is 0 Å². The minimum Gasteiger partial charge on any atom is -0.478 e. The molecule has 96 valence electrons. The summed E-state index contributed by atoms with van der Waals surface area (Å²) in [5, 5.41) is 11.1. The monoisotopic (exact) mass is 259 g/mol. The molecular formula is C10H7F2NO5. The number of carboxylic acid groups (broad SMARTS) is 1. The first-order chi connectivity index (χ1) is 8.28. The molecule has 1 amide bonds. The van der Waals surface area contributed by atoms with Gasteiger partial charge in [0.2, 0.25) is 5.91 Å². The van der Waals surface area contributed by atoms with Gasteiger partial charge in [0, 0.05) is 19.1 Å². The van der Waals surface area contributed by atoms with Crippen LogP contribution in [0, 0.1) is 0 Å². The van der Waals surface area contributed by atoms with Crippen molar-refractivity contribution in [3.8, 4) is 11.5 Å². The van der Waals surface area contributed by atoms with Gasteiger partial charge >= 0.3 is 12.3 Å². The molecule has 18 heavy (non-hydrogen) atoms. The molecule has 1 aromatic rings. The van der Waals surface area contributed by atoms with Crippen molar-refractivity contribution in [1.29, 1.82) is 0 Å². The van der Waals surface area contributed by atoms with Crippen molar-refractivity contribution in [2.75, 3.05) is 5.32 Å². The maximum absolute atomic E-state index is 12.8. The van der Waals surface area contributed by atoms with E-state index in [1.54, 1.807) is 0 Å². The molecule has 0 bridgehead atoms. The number of halogens is 2. The van der Waals surface area contributed by atoms with Gasteiger partial charge in [-0.25, -0.2) is 4.79 Å². The van der Waals surface area contributed by atoms with Gasteiger partial charge in [-0.1, -0.05) is 0 Å². The van der Waals surface area contributed by atoms with E-state index in [1.807, 2.05) is 0 Å². The summed E-state index contributed by atoms with van der Waals surface area (Å²) in [7, 11) is 0. The minimum absolute atomic E-state index is 0.143. The fraction of sp³-hybridized carbons (Fsp3) is 0.200. The third-order valence-corrected chi connectivity index (χ3v) is 2.08. The van der Waals surface area contributed by atoms with Crippen molar-refractivity contribution >= 4 is 17.6 Å². The van der Waals surface area contributed by atoms with E-state index < -0.39 is 23.9 Å². The summed E-state index contributed by atoms with van der Waals surface area (Å²) in [6.07, 6.45) is -3.84. The van der Waals surface area contributed by atoms with Crippen molar-refractivity contribution in [3.63, 3.8) is 0 Å².